The van der Waals surface area contributed by atoms with Crippen LogP contribution in [0.2, 0.25) is 0 Å². The second-order valence-electron chi connectivity index (χ2n) is 9.06. The largest absolute Gasteiger partial charge is 0.506 e. The second-order valence-corrected chi connectivity index (χ2v) is 9.06. The molecule has 7 heteroatoms. The number of benzene rings is 2. The van der Waals surface area contributed by atoms with Crippen molar-refractivity contribution in [1.82, 2.24) is 15.6 Å². The van der Waals surface area contributed by atoms with Crippen molar-refractivity contribution < 1.29 is 14.9 Å². The van der Waals surface area contributed by atoms with Gasteiger partial charge in [0, 0.05) is 36.6 Å². The van der Waals surface area contributed by atoms with Gasteiger partial charge in [0.05, 0.1) is 24.8 Å². The van der Waals surface area contributed by atoms with Crippen LogP contribution in [0.3, 0.4) is 0 Å². The van der Waals surface area contributed by atoms with E-state index in [1.54, 1.807) is 12.1 Å². The number of pyridine rings is 1. The fourth-order valence-corrected chi connectivity index (χ4v) is 4.71. The number of hydrogen-bond donors (Lipinski definition) is 5. The van der Waals surface area contributed by atoms with E-state index >= 15 is 0 Å². The molecule has 182 valence electrons. The van der Waals surface area contributed by atoms with Crippen LogP contribution in [-0.2, 0) is 11.2 Å². The summed E-state index contributed by atoms with van der Waals surface area (Å²) in [7, 11) is 0. The zero-order valence-electron chi connectivity index (χ0n) is 19.5. The molecular weight excluding hydrogens is 430 g/mol. The van der Waals surface area contributed by atoms with Crippen molar-refractivity contribution in [2.75, 3.05) is 26.3 Å². The van der Waals surface area contributed by atoms with Crippen molar-refractivity contribution in [3.05, 3.63) is 76.1 Å². The molecule has 0 radical (unpaired) electrons. The predicted molar refractivity (Wildman–Crippen MR) is 134 cm³/mol. The summed E-state index contributed by atoms with van der Waals surface area (Å²) >= 11 is 0. The Bertz CT molecular complexity index is 1090. The Morgan fingerprint density at radius 1 is 0.941 bits per heavy atom. The lowest BCUT2D eigenvalue weighted by atomic mass is 9.91. The van der Waals surface area contributed by atoms with Gasteiger partial charge in [-0.2, -0.15) is 0 Å². The maximum atomic E-state index is 11.6. The highest BCUT2D eigenvalue weighted by molar-refractivity contribution is 5.87. The van der Waals surface area contributed by atoms with Gasteiger partial charge in [0.1, 0.15) is 5.75 Å². The van der Waals surface area contributed by atoms with Gasteiger partial charge in [0.2, 0.25) is 5.56 Å². The van der Waals surface area contributed by atoms with E-state index in [1.165, 1.54) is 17.7 Å². The van der Waals surface area contributed by atoms with Crippen LogP contribution in [0.5, 0.6) is 5.75 Å². The number of hydrogen-bond acceptors (Lipinski definition) is 6. The summed E-state index contributed by atoms with van der Waals surface area (Å²) in [5.74, 6) is 0.00373. The van der Waals surface area contributed by atoms with E-state index in [0.29, 0.717) is 35.1 Å². The number of fused-ring (bicyclic) bond motifs is 1. The number of ether oxygens (including phenoxy) is 1. The molecule has 7 nitrogen and oxygen atoms in total. The normalized spacial score (nSPS) is 19.3. The number of aromatic nitrogens is 1. The topological polar surface area (TPSA) is 107 Å². The zero-order valence-corrected chi connectivity index (χ0v) is 19.5. The van der Waals surface area contributed by atoms with Crippen molar-refractivity contribution >= 4 is 10.9 Å². The number of aromatic hydroxyl groups is 1. The highest BCUT2D eigenvalue weighted by Gasteiger charge is 2.22. The van der Waals surface area contributed by atoms with Crippen molar-refractivity contribution in [3.8, 4) is 5.75 Å². The minimum absolute atomic E-state index is 0.00373. The molecule has 1 aromatic heterocycles. The number of H-pyrrole nitrogens is 1. The maximum absolute atomic E-state index is 11.6. The summed E-state index contributed by atoms with van der Waals surface area (Å²) in [5.41, 5.74) is 2.08. The molecule has 1 saturated carbocycles. The molecule has 4 rings (SSSR count). The van der Waals surface area contributed by atoms with Crippen LogP contribution in [0.25, 0.3) is 10.9 Å². The summed E-state index contributed by atoms with van der Waals surface area (Å²) in [4.78, 5) is 14.2. The van der Waals surface area contributed by atoms with Gasteiger partial charge in [-0.3, -0.25) is 4.79 Å². The van der Waals surface area contributed by atoms with Gasteiger partial charge in [0.25, 0.3) is 0 Å². The lowest BCUT2D eigenvalue weighted by Gasteiger charge is -2.30. The molecule has 1 heterocycles. The van der Waals surface area contributed by atoms with E-state index in [1.807, 2.05) is 6.07 Å². The molecular formula is C27H35N3O4. The first-order chi connectivity index (χ1) is 16.6. The van der Waals surface area contributed by atoms with Crippen LogP contribution >= 0.6 is 0 Å². The predicted octanol–water partition coefficient (Wildman–Crippen LogP) is 3.02. The average molecular weight is 466 g/mol. The van der Waals surface area contributed by atoms with Crippen LogP contribution in [0, 0.1) is 0 Å². The SMILES string of the molecule is O=c1ccc2c([C@@H](O)CN[C@H]3CC[C@H](NCCOCCc4ccccc4)CC3)ccc(O)c2[nH]1. The third-order valence-corrected chi connectivity index (χ3v) is 6.65. The smallest absolute Gasteiger partial charge is 0.248 e. The van der Waals surface area contributed by atoms with Gasteiger partial charge in [-0.25, -0.2) is 0 Å². The first-order valence-corrected chi connectivity index (χ1v) is 12.2. The fraction of sp³-hybridized carbons (Fsp3) is 0.444. The van der Waals surface area contributed by atoms with Crippen LogP contribution in [0.4, 0.5) is 0 Å². The van der Waals surface area contributed by atoms with E-state index in [9.17, 15) is 15.0 Å². The molecule has 1 aliphatic rings. The fourth-order valence-electron chi connectivity index (χ4n) is 4.71. The number of nitrogens with one attached hydrogen (secondary N) is 3. The molecule has 0 spiro atoms. The van der Waals surface area contributed by atoms with E-state index in [-0.39, 0.29) is 11.3 Å². The number of aromatic amines is 1. The number of aliphatic hydroxyl groups excluding tert-OH is 1. The van der Waals surface area contributed by atoms with Crippen molar-refractivity contribution in [3.63, 3.8) is 0 Å². The summed E-state index contributed by atoms with van der Waals surface area (Å²) in [6, 6.07) is 17.6. The van der Waals surface area contributed by atoms with Crippen LogP contribution in [0.15, 0.2) is 59.4 Å². The quantitative estimate of drug-likeness (QED) is 0.279. The molecule has 0 unspecified atom stereocenters. The summed E-state index contributed by atoms with van der Waals surface area (Å²) in [6.07, 6.45) is 4.54. The molecule has 0 aliphatic heterocycles. The summed E-state index contributed by atoms with van der Waals surface area (Å²) in [5, 5.41) is 28.5. The molecule has 0 saturated heterocycles. The highest BCUT2D eigenvalue weighted by Crippen LogP contribution is 2.29. The molecule has 5 N–H and O–H groups in total. The van der Waals surface area contributed by atoms with Gasteiger partial charge < -0.3 is 30.6 Å². The minimum Gasteiger partial charge on any atom is -0.506 e. The molecule has 2 aromatic carbocycles. The van der Waals surface area contributed by atoms with Crippen molar-refractivity contribution in [2.45, 2.75) is 50.3 Å². The molecule has 0 bridgehead atoms. The second kappa shape index (κ2) is 12.1. The van der Waals surface area contributed by atoms with Gasteiger partial charge >= 0.3 is 0 Å². The van der Waals surface area contributed by atoms with Crippen LogP contribution in [-0.4, -0.2) is 53.6 Å². The number of phenols is 1. The van der Waals surface area contributed by atoms with E-state index < -0.39 is 6.10 Å². The lowest BCUT2D eigenvalue weighted by molar-refractivity contribution is 0.133. The molecule has 34 heavy (non-hydrogen) atoms. The highest BCUT2D eigenvalue weighted by atomic mass is 16.5. The molecule has 1 aliphatic carbocycles. The lowest BCUT2D eigenvalue weighted by Crippen LogP contribution is -2.42. The maximum Gasteiger partial charge on any atom is 0.248 e. The van der Waals surface area contributed by atoms with E-state index in [2.05, 4.69) is 39.9 Å². The van der Waals surface area contributed by atoms with Gasteiger partial charge in [-0.15, -0.1) is 0 Å². The summed E-state index contributed by atoms with van der Waals surface area (Å²) < 4.78 is 5.76. The van der Waals surface area contributed by atoms with Gasteiger partial charge in [0.15, 0.2) is 0 Å². The number of phenolic OH excluding ortho intramolecular Hbond substituents is 1. The van der Waals surface area contributed by atoms with Crippen LogP contribution in [0.1, 0.15) is 42.9 Å². The van der Waals surface area contributed by atoms with Crippen molar-refractivity contribution in [2.24, 2.45) is 0 Å². The Labute approximate surface area is 200 Å². The van der Waals surface area contributed by atoms with Gasteiger partial charge in [-0.05, 0) is 55.4 Å². The van der Waals surface area contributed by atoms with Crippen LogP contribution < -0.4 is 16.2 Å². The Balaban J connectivity index is 1.13. The molecule has 3 aromatic rings. The summed E-state index contributed by atoms with van der Waals surface area (Å²) in [6.45, 7) is 2.77. The average Bonchev–Trinajstić information content (AvgIpc) is 2.86. The monoisotopic (exact) mass is 465 g/mol. The Kier molecular flexibility index (Phi) is 8.71. The minimum atomic E-state index is -0.724. The standard InChI is InChI=1S/C27H35N3O4/c31-24-12-10-22(23-11-13-26(33)30-27(23)24)25(32)18-29-21-8-6-20(7-9-21)28-15-17-34-16-14-19-4-2-1-3-5-19/h1-5,10-13,20-21,25,28-29,31-32H,6-9,14-18H2,(H,30,33)/t20-,21-,25-/m0/s1. The number of aliphatic hydroxyl groups is 1. The van der Waals surface area contributed by atoms with Crippen molar-refractivity contribution in [1.29, 1.82) is 0 Å². The Hall–Kier alpha value is -2.71. The molecule has 1 fully saturated rings. The molecule has 1 atom stereocenters. The zero-order chi connectivity index (χ0) is 23.8. The first kappa shape index (κ1) is 24.4. The number of rotatable bonds is 11. The Morgan fingerprint density at radius 3 is 2.44 bits per heavy atom. The van der Waals surface area contributed by atoms with Gasteiger partial charge in [-0.1, -0.05) is 36.4 Å². The van der Waals surface area contributed by atoms with E-state index in [4.69, 9.17) is 4.74 Å². The molecule has 0 amide bonds. The Morgan fingerprint density at radius 2 is 1.68 bits per heavy atom. The first-order valence-electron chi connectivity index (χ1n) is 12.2. The third kappa shape index (κ3) is 6.67. The third-order valence-electron chi connectivity index (χ3n) is 6.65. The van der Waals surface area contributed by atoms with E-state index in [0.717, 1.165) is 51.9 Å².